The fourth-order valence-electron chi connectivity index (χ4n) is 1.02. The molecule has 4 nitrogen and oxygen atoms in total. The van der Waals surface area contributed by atoms with Crippen LogP contribution in [-0.4, -0.2) is 31.7 Å². The first-order valence-corrected chi connectivity index (χ1v) is 4.68. The molecular weight excluding hydrogens is 168 g/mol. The van der Waals surface area contributed by atoms with Crippen LogP contribution in [0.3, 0.4) is 0 Å². The summed E-state index contributed by atoms with van der Waals surface area (Å²) in [6, 6.07) is 0.0788. The number of hydrogen-bond donors (Lipinski definition) is 2. The summed E-state index contributed by atoms with van der Waals surface area (Å²) in [7, 11) is 1.52. The van der Waals surface area contributed by atoms with Crippen LogP contribution in [-0.2, 0) is 9.53 Å². The molecule has 4 heteroatoms. The molecule has 0 rings (SSSR count). The van der Waals surface area contributed by atoms with Crippen LogP contribution in [0.5, 0.6) is 0 Å². The van der Waals surface area contributed by atoms with Crippen LogP contribution in [0.4, 0.5) is 0 Å². The molecule has 78 valence electrons. The summed E-state index contributed by atoms with van der Waals surface area (Å²) in [5.41, 5.74) is 5.49. The maximum atomic E-state index is 11.3. The molecule has 1 amide bonds. The highest BCUT2D eigenvalue weighted by molar-refractivity contribution is 5.80. The fraction of sp³-hybridized carbons (Fsp3) is 0.889. The molecule has 0 radical (unpaired) electrons. The van der Waals surface area contributed by atoms with E-state index in [-0.39, 0.29) is 11.9 Å². The van der Waals surface area contributed by atoms with Crippen molar-refractivity contribution in [3.8, 4) is 0 Å². The molecule has 0 fully saturated rings. The smallest absolute Gasteiger partial charge is 0.249 e. The second-order valence-corrected chi connectivity index (χ2v) is 3.11. The van der Waals surface area contributed by atoms with Gasteiger partial charge in [-0.15, -0.1) is 0 Å². The second kappa shape index (κ2) is 6.86. The molecule has 13 heavy (non-hydrogen) atoms. The third-order valence-electron chi connectivity index (χ3n) is 1.99. The van der Waals surface area contributed by atoms with Crippen LogP contribution in [0, 0.1) is 0 Å². The molecule has 0 aromatic rings. The quantitative estimate of drug-likeness (QED) is 0.628. The van der Waals surface area contributed by atoms with Crippen molar-refractivity contribution < 1.29 is 9.53 Å². The van der Waals surface area contributed by atoms with Gasteiger partial charge in [0.1, 0.15) is 6.10 Å². The average molecular weight is 188 g/mol. The number of ether oxygens (including phenoxy) is 1. The van der Waals surface area contributed by atoms with E-state index >= 15 is 0 Å². The van der Waals surface area contributed by atoms with E-state index in [1.54, 1.807) is 6.92 Å². The molecule has 0 aliphatic heterocycles. The number of hydrogen-bond acceptors (Lipinski definition) is 3. The van der Waals surface area contributed by atoms with Gasteiger partial charge >= 0.3 is 0 Å². The Morgan fingerprint density at radius 2 is 2.23 bits per heavy atom. The predicted molar refractivity (Wildman–Crippen MR) is 52.4 cm³/mol. The number of methoxy groups -OCH3 is 1. The first-order valence-electron chi connectivity index (χ1n) is 4.68. The minimum Gasteiger partial charge on any atom is -0.372 e. The molecule has 0 saturated carbocycles. The Kier molecular flexibility index (Phi) is 6.54. The normalized spacial score (nSPS) is 15.1. The molecule has 2 unspecified atom stereocenters. The van der Waals surface area contributed by atoms with E-state index in [0.717, 1.165) is 12.8 Å². The van der Waals surface area contributed by atoms with Crippen LogP contribution >= 0.6 is 0 Å². The van der Waals surface area contributed by atoms with E-state index in [2.05, 4.69) is 12.2 Å². The Bertz CT molecular complexity index is 151. The summed E-state index contributed by atoms with van der Waals surface area (Å²) < 4.78 is 4.88. The molecule has 0 aliphatic rings. The summed E-state index contributed by atoms with van der Waals surface area (Å²) >= 11 is 0. The minimum atomic E-state index is -0.397. The number of rotatable bonds is 6. The number of amides is 1. The van der Waals surface area contributed by atoms with Gasteiger partial charge < -0.3 is 15.8 Å². The summed E-state index contributed by atoms with van der Waals surface area (Å²) in [6.07, 6.45) is 1.54. The Morgan fingerprint density at radius 1 is 1.62 bits per heavy atom. The van der Waals surface area contributed by atoms with Crippen LogP contribution in [0.1, 0.15) is 26.7 Å². The van der Waals surface area contributed by atoms with Crippen molar-refractivity contribution in [3.63, 3.8) is 0 Å². The van der Waals surface area contributed by atoms with E-state index in [9.17, 15) is 4.79 Å². The average Bonchev–Trinajstić information content (AvgIpc) is 2.15. The zero-order valence-corrected chi connectivity index (χ0v) is 8.67. The van der Waals surface area contributed by atoms with E-state index in [0.29, 0.717) is 6.54 Å². The van der Waals surface area contributed by atoms with Gasteiger partial charge in [0, 0.05) is 19.7 Å². The van der Waals surface area contributed by atoms with Crippen molar-refractivity contribution >= 4 is 5.91 Å². The maximum Gasteiger partial charge on any atom is 0.249 e. The SMILES string of the molecule is CCCC(CN)NC(=O)C(C)OC. The summed E-state index contributed by atoms with van der Waals surface area (Å²) in [6.45, 7) is 4.26. The van der Waals surface area contributed by atoms with E-state index in [4.69, 9.17) is 10.5 Å². The largest absolute Gasteiger partial charge is 0.372 e. The molecule has 0 spiro atoms. The van der Waals surface area contributed by atoms with Crippen molar-refractivity contribution in [1.82, 2.24) is 5.32 Å². The summed E-state index contributed by atoms with van der Waals surface area (Å²) in [5, 5.41) is 2.83. The molecule has 0 heterocycles. The van der Waals surface area contributed by atoms with Crippen molar-refractivity contribution in [2.24, 2.45) is 5.73 Å². The summed E-state index contributed by atoms with van der Waals surface area (Å²) in [5.74, 6) is -0.0913. The molecule has 0 aromatic heterocycles. The molecular formula is C9H20N2O2. The van der Waals surface area contributed by atoms with Crippen molar-refractivity contribution in [2.75, 3.05) is 13.7 Å². The number of nitrogens with one attached hydrogen (secondary N) is 1. The lowest BCUT2D eigenvalue weighted by molar-refractivity contribution is -0.130. The van der Waals surface area contributed by atoms with Gasteiger partial charge in [0.15, 0.2) is 0 Å². The van der Waals surface area contributed by atoms with Crippen LogP contribution < -0.4 is 11.1 Å². The third kappa shape index (κ3) is 4.85. The van der Waals surface area contributed by atoms with Crippen LogP contribution in [0.15, 0.2) is 0 Å². The van der Waals surface area contributed by atoms with Gasteiger partial charge in [-0.1, -0.05) is 13.3 Å². The van der Waals surface area contributed by atoms with Gasteiger partial charge in [0.25, 0.3) is 0 Å². The lowest BCUT2D eigenvalue weighted by Gasteiger charge is -2.18. The van der Waals surface area contributed by atoms with Gasteiger partial charge in [-0.2, -0.15) is 0 Å². The molecule has 0 saturated heterocycles. The Labute approximate surface area is 79.8 Å². The highest BCUT2D eigenvalue weighted by Gasteiger charge is 2.15. The Morgan fingerprint density at radius 3 is 2.62 bits per heavy atom. The van der Waals surface area contributed by atoms with Gasteiger partial charge in [-0.05, 0) is 13.3 Å². The zero-order chi connectivity index (χ0) is 10.3. The highest BCUT2D eigenvalue weighted by atomic mass is 16.5. The number of nitrogens with two attached hydrogens (primary N) is 1. The first-order chi connectivity index (χ1) is 6.15. The third-order valence-corrected chi connectivity index (χ3v) is 1.99. The molecule has 3 N–H and O–H groups in total. The minimum absolute atomic E-state index is 0.0788. The van der Waals surface area contributed by atoms with Crippen LogP contribution in [0.2, 0.25) is 0 Å². The Hall–Kier alpha value is -0.610. The van der Waals surface area contributed by atoms with E-state index < -0.39 is 6.10 Å². The lowest BCUT2D eigenvalue weighted by Crippen LogP contribution is -2.44. The first kappa shape index (κ1) is 12.4. The zero-order valence-electron chi connectivity index (χ0n) is 8.67. The molecule has 2 atom stereocenters. The van der Waals surface area contributed by atoms with Gasteiger partial charge in [0.05, 0.1) is 0 Å². The highest BCUT2D eigenvalue weighted by Crippen LogP contribution is 1.96. The van der Waals surface area contributed by atoms with Gasteiger partial charge in [-0.3, -0.25) is 4.79 Å². The predicted octanol–water partition coefficient (Wildman–Crippen LogP) is 0.265. The number of carbonyl (C=O) groups excluding carboxylic acids is 1. The molecule has 0 aromatic carbocycles. The lowest BCUT2D eigenvalue weighted by atomic mass is 10.1. The van der Waals surface area contributed by atoms with E-state index in [1.165, 1.54) is 7.11 Å². The summed E-state index contributed by atoms with van der Waals surface area (Å²) in [4.78, 5) is 11.3. The molecule has 0 bridgehead atoms. The van der Waals surface area contributed by atoms with Crippen molar-refractivity contribution in [1.29, 1.82) is 0 Å². The van der Waals surface area contributed by atoms with Gasteiger partial charge in [0.2, 0.25) is 5.91 Å². The van der Waals surface area contributed by atoms with Gasteiger partial charge in [-0.25, -0.2) is 0 Å². The Balaban J connectivity index is 3.85. The fourth-order valence-corrected chi connectivity index (χ4v) is 1.02. The molecule has 0 aliphatic carbocycles. The monoisotopic (exact) mass is 188 g/mol. The van der Waals surface area contributed by atoms with Crippen molar-refractivity contribution in [3.05, 3.63) is 0 Å². The standard InChI is InChI=1S/C9H20N2O2/c1-4-5-8(6-10)11-9(12)7(2)13-3/h7-8H,4-6,10H2,1-3H3,(H,11,12). The second-order valence-electron chi connectivity index (χ2n) is 3.11. The van der Waals surface area contributed by atoms with Crippen molar-refractivity contribution in [2.45, 2.75) is 38.8 Å². The topological polar surface area (TPSA) is 64.3 Å². The maximum absolute atomic E-state index is 11.3. The number of carbonyl (C=O) groups is 1. The van der Waals surface area contributed by atoms with E-state index in [1.807, 2.05) is 0 Å². The van der Waals surface area contributed by atoms with Crippen LogP contribution in [0.25, 0.3) is 0 Å².